The van der Waals surface area contributed by atoms with E-state index in [9.17, 15) is 14.4 Å². The second-order valence-corrected chi connectivity index (χ2v) is 4.75. The molecule has 0 fully saturated rings. The molecule has 0 aliphatic carbocycles. The van der Waals surface area contributed by atoms with Crippen LogP contribution in [0.4, 0.5) is 15.8 Å². The molecule has 0 aliphatic heterocycles. The van der Waals surface area contributed by atoms with Gasteiger partial charge < -0.3 is 11.1 Å². The number of pyridine rings is 2. The summed E-state index contributed by atoms with van der Waals surface area (Å²) in [6.45, 7) is 0. The number of rotatable bonds is 3. The lowest BCUT2D eigenvalue weighted by molar-refractivity contribution is 0.100. The second-order valence-electron chi connectivity index (χ2n) is 4.75. The molecule has 0 radical (unpaired) electrons. The summed E-state index contributed by atoms with van der Waals surface area (Å²) in [5, 5.41) is 12.7. The van der Waals surface area contributed by atoms with Crippen LogP contribution in [-0.2, 0) is 0 Å². The summed E-state index contributed by atoms with van der Waals surface area (Å²) in [6.07, 6.45) is 2.67. The van der Waals surface area contributed by atoms with Crippen LogP contribution < -0.4 is 11.1 Å². The molecule has 1 amide bonds. The summed E-state index contributed by atoms with van der Waals surface area (Å²) in [6, 6.07) is 9.69. The van der Waals surface area contributed by atoms with Crippen molar-refractivity contribution in [2.24, 2.45) is 5.73 Å². The summed E-state index contributed by atoms with van der Waals surface area (Å²) < 4.78 is 13.5. The van der Waals surface area contributed by atoms with Crippen molar-refractivity contribution in [3.63, 3.8) is 0 Å². The fourth-order valence-electron chi connectivity index (χ4n) is 2.18. The number of hydrogen-bond donors (Lipinski definition) is 2. The Labute approximate surface area is 130 Å². The average Bonchev–Trinajstić information content (AvgIpc) is 2.55. The number of hydrogen-bond acceptors (Lipinski definition) is 5. The number of anilines is 2. The zero-order chi connectivity index (χ0) is 16.4. The number of benzene rings is 1. The van der Waals surface area contributed by atoms with Crippen LogP contribution in [0.1, 0.15) is 15.9 Å². The summed E-state index contributed by atoms with van der Waals surface area (Å²) >= 11 is 0. The van der Waals surface area contributed by atoms with Crippen LogP contribution in [0.2, 0.25) is 0 Å². The maximum absolute atomic E-state index is 13.5. The van der Waals surface area contributed by atoms with Gasteiger partial charge in [-0.1, -0.05) is 6.07 Å². The zero-order valence-corrected chi connectivity index (χ0v) is 11.7. The maximum atomic E-state index is 13.5. The summed E-state index contributed by atoms with van der Waals surface area (Å²) in [7, 11) is 0. The van der Waals surface area contributed by atoms with E-state index in [1.165, 1.54) is 18.5 Å². The monoisotopic (exact) mass is 307 g/mol. The predicted molar refractivity (Wildman–Crippen MR) is 82.5 cm³/mol. The number of aromatic nitrogens is 2. The van der Waals surface area contributed by atoms with Crippen LogP contribution in [0.25, 0.3) is 10.9 Å². The number of nitrogens with zero attached hydrogens (tertiary/aromatic N) is 3. The van der Waals surface area contributed by atoms with Crippen molar-refractivity contribution in [3.05, 3.63) is 59.8 Å². The Bertz CT molecular complexity index is 964. The van der Waals surface area contributed by atoms with Gasteiger partial charge in [0.15, 0.2) is 0 Å². The van der Waals surface area contributed by atoms with E-state index in [-0.39, 0.29) is 5.56 Å². The Hall–Kier alpha value is -3.53. The van der Waals surface area contributed by atoms with Gasteiger partial charge in [0.1, 0.15) is 6.07 Å². The number of primary amides is 1. The van der Waals surface area contributed by atoms with Crippen molar-refractivity contribution in [2.45, 2.75) is 0 Å². The van der Waals surface area contributed by atoms with E-state index >= 15 is 0 Å². The van der Waals surface area contributed by atoms with E-state index in [1.54, 1.807) is 24.3 Å². The van der Waals surface area contributed by atoms with E-state index in [1.807, 2.05) is 6.07 Å². The third kappa shape index (κ3) is 2.78. The van der Waals surface area contributed by atoms with Gasteiger partial charge in [-0.3, -0.25) is 9.78 Å². The fraction of sp³-hybridized carbons (Fsp3) is 0. The first-order chi connectivity index (χ1) is 11.1. The number of amides is 1. The first-order valence-electron chi connectivity index (χ1n) is 6.60. The molecule has 6 nitrogen and oxygen atoms in total. The van der Waals surface area contributed by atoms with Crippen molar-refractivity contribution in [3.8, 4) is 6.07 Å². The minimum absolute atomic E-state index is 0.243. The summed E-state index contributed by atoms with van der Waals surface area (Å²) in [5.41, 5.74) is 7.19. The number of nitrogens with two attached hydrogens (primary N) is 1. The number of halogens is 1. The Kier molecular flexibility index (Phi) is 3.57. The predicted octanol–water partition coefficient (Wildman–Crippen LogP) is 2.48. The highest BCUT2D eigenvalue weighted by molar-refractivity contribution is 5.97. The van der Waals surface area contributed by atoms with Crippen molar-refractivity contribution >= 4 is 28.2 Å². The number of nitriles is 1. The van der Waals surface area contributed by atoms with Crippen molar-refractivity contribution < 1.29 is 9.18 Å². The molecule has 0 aliphatic rings. The molecule has 0 saturated heterocycles. The smallest absolute Gasteiger partial charge is 0.248 e. The van der Waals surface area contributed by atoms with E-state index in [0.717, 1.165) is 0 Å². The molecule has 0 unspecified atom stereocenters. The van der Waals surface area contributed by atoms with E-state index in [0.29, 0.717) is 27.8 Å². The minimum atomic E-state index is -0.677. The van der Waals surface area contributed by atoms with Gasteiger partial charge in [-0.15, -0.1) is 0 Å². The van der Waals surface area contributed by atoms with Gasteiger partial charge in [-0.25, -0.2) is 4.98 Å². The molecule has 2 heterocycles. The van der Waals surface area contributed by atoms with Gasteiger partial charge in [0.25, 0.3) is 0 Å². The molecular formula is C16H10FN5O. The third-order valence-corrected chi connectivity index (χ3v) is 3.26. The molecule has 3 N–H and O–H groups in total. The zero-order valence-electron chi connectivity index (χ0n) is 11.7. The van der Waals surface area contributed by atoms with Crippen LogP contribution in [0.15, 0.2) is 42.7 Å². The normalized spacial score (nSPS) is 10.3. The van der Waals surface area contributed by atoms with E-state index in [2.05, 4.69) is 15.3 Å². The molecule has 0 atom stereocenters. The molecule has 3 rings (SSSR count). The van der Waals surface area contributed by atoms with Gasteiger partial charge >= 0.3 is 0 Å². The molecule has 0 saturated carbocycles. The standard InChI is InChI=1S/C16H10FN5O/c17-14-5-12-13(8-21-14)20-7-10(6-18)15(12)22-11-3-1-2-9(4-11)16(19)23/h1-5,7-8H,(H2,19,23)(H,20,22). The molecule has 1 aromatic carbocycles. The van der Waals surface area contributed by atoms with Crippen LogP contribution in [-0.4, -0.2) is 15.9 Å². The topological polar surface area (TPSA) is 105 Å². The van der Waals surface area contributed by atoms with Crippen LogP contribution in [0.3, 0.4) is 0 Å². The highest BCUT2D eigenvalue weighted by Crippen LogP contribution is 2.29. The van der Waals surface area contributed by atoms with Gasteiger partial charge in [0.2, 0.25) is 11.9 Å². The summed E-state index contributed by atoms with van der Waals surface area (Å²) in [5.74, 6) is -1.24. The van der Waals surface area contributed by atoms with Crippen LogP contribution >= 0.6 is 0 Å². The average molecular weight is 307 g/mol. The summed E-state index contributed by atoms with van der Waals surface area (Å²) in [4.78, 5) is 18.9. The Morgan fingerprint density at radius 3 is 2.83 bits per heavy atom. The largest absolute Gasteiger partial charge is 0.366 e. The van der Waals surface area contributed by atoms with Gasteiger partial charge in [-0.2, -0.15) is 9.65 Å². The quantitative estimate of drug-likeness (QED) is 0.723. The lowest BCUT2D eigenvalue weighted by Crippen LogP contribution is -2.11. The first-order valence-corrected chi connectivity index (χ1v) is 6.60. The molecule has 23 heavy (non-hydrogen) atoms. The Morgan fingerprint density at radius 2 is 2.09 bits per heavy atom. The Balaban J connectivity index is 2.15. The maximum Gasteiger partial charge on any atom is 0.248 e. The lowest BCUT2D eigenvalue weighted by Gasteiger charge is -2.11. The minimum Gasteiger partial charge on any atom is -0.366 e. The third-order valence-electron chi connectivity index (χ3n) is 3.26. The highest BCUT2D eigenvalue weighted by atomic mass is 19.1. The Morgan fingerprint density at radius 1 is 1.26 bits per heavy atom. The molecule has 112 valence electrons. The second kappa shape index (κ2) is 5.69. The molecule has 2 aromatic heterocycles. The number of nitrogens with one attached hydrogen (secondary N) is 1. The highest BCUT2D eigenvalue weighted by Gasteiger charge is 2.11. The van der Waals surface area contributed by atoms with Gasteiger partial charge in [0, 0.05) is 28.9 Å². The molecule has 3 aromatic rings. The van der Waals surface area contributed by atoms with Crippen molar-refractivity contribution in [2.75, 3.05) is 5.32 Å². The number of carbonyl (C=O) groups excluding carboxylic acids is 1. The van der Waals surface area contributed by atoms with E-state index < -0.39 is 11.9 Å². The van der Waals surface area contributed by atoms with Gasteiger partial charge in [-0.05, 0) is 18.2 Å². The van der Waals surface area contributed by atoms with Crippen molar-refractivity contribution in [1.29, 1.82) is 5.26 Å². The van der Waals surface area contributed by atoms with Crippen molar-refractivity contribution in [1.82, 2.24) is 9.97 Å². The van der Waals surface area contributed by atoms with E-state index in [4.69, 9.17) is 5.73 Å². The van der Waals surface area contributed by atoms with Gasteiger partial charge in [0.05, 0.1) is 23.0 Å². The molecular weight excluding hydrogens is 297 g/mol. The fourth-order valence-corrected chi connectivity index (χ4v) is 2.18. The molecule has 7 heteroatoms. The lowest BCUT2D eigenvalue weighted by atomic mass is 10.1. The number of carbonyl (C=O) groups is 1. The molecule has 0 bridgehead atoms. The molecule has 0 spiro atoms. The van der Waals surface area contributed by atoms with Crippen LogP contribution in [0.5, 0.6) is 0 Å². The SMILES string of the molecule is N#Cc1cnc2cnc(F)cc2c1Nc1cccc(C(N)=O)c1. The first kappa shape index (κ1) is 14.4. The van der Waals surface area contributed by atoms with Crippen LogP contribution in [0, 0.1) is 17.3 Å². The number of fused-ring (bicyclic) bond motifs is 1.